The van der Waals surface area contributed by atoms with Crippen molar-refractivity contribution in [2.75, 3.05) is 5.32 Å². The van der Waals surface area contributed by atoms with Gasteiger partial charge in [-0.15, -0.1) is 11.3 Å². The lowest BCUT2D eigenvalue weighted by atomic mass is 10.1. The highest BCUT2D eigenvalue weighted by atomic mass is 35.5. The summed E-state index contributed by atoms with van der Waals surface area (Å²) in [6.45, 7) is 3.64. The van der Waals surface area contributed by atoms with Gasteiger partial charge >= 0.3 is 5.97 Å². The minimum atomic E-state index is -0.372. The van der Waals surface area contributed by atoms with Crippen molar-refractivity contribution in [2.45, 2.75) is 52.1 Å². The van der Waals surface area contributed by atoms with Crippen LogP contribution >= 0.6 is 34.5 Å². The molecule has 29 heavy (non-hydrogen) atoms. The fraction of sp³-hybridized carbons (Fsp3) is 0.364. The number of aryl methyl sites for hydroxylation is 1. The Morgan fingerprint density at radius 3 is 2.62 bits per heavy atom. The van der Waals surface area contributed by atoms with Crippen LogP contribution in [-0.4, -0.2) is 18.0 Å². The van der Waals surface area contributed by atoms with Gasteiger partial charge in [0, 0.05) is 11.0 Å². The molecule has 0 saturated carbocycles. The molecule has 1 aromatic carbocycles. The van der Waals surface area contributed by atoms with E-state index in [2.05, 4.69) is 5.32 Å². The molecule has 0 fully saturated rings. The van der Waals surface area contributed by atoms with Gasteiger partial charge in [-0.2, -0.15) is 0 Å². The summed E-state index contributed by atoms with van der Waals surface area (Å²) < 4.78 is 5.45. The monoisotopic (exact) mass is 451 g/mol. The molecule has 7 heteroatoms. The molecule has 1 N–H and O–H groups in total. The molecule has 1 aliphatic rings. The predicted molar refractivity (Wildman–Crippen MR) is 120 cm³/mol. The molecular weight excluding hydrogens is 429 g/mol. The lowest BCUT2D eigenvalue weighted by Crippen LogP contribution is -2.16. The van der Waals surface area contributed by atoms with Crippen LogP contribution in [0.5, 0.6) is 0 Å². The first kappa shape index (κ1) is 21.9. The van der Waals surface area contributed by atoms with Gasteiger partial charge in [-0.1, -0.05) is 35.7 Å². The van der Waals surface area contributed by atoms with E-state index in [1.165, 1.54) is 22.3 Å². The van der Waals surface area contributed by atoms with Gasteiger partial charge in [-0.25, -0.2) is 4.79 Å². The third-order valence-electron chi connectivity index (χ3n) is 4.58. The summed E-state index contributed by atoms with van der Waals surface area (Å²) in [7, 11) is 0. The number of nitrogens with one attached hydrogen (secondary N) is 1. The third kappa shape index (κ3) is 5.62. The summed E-state index contributed by atoms with van der Waals surface area (Å²) in [6, 6.07) is 5.14. The molecule has 0 unspecified atom stereocenters. The summed E-state index contributed by atoms with van der Waals surface area (Å²) in [5.74, 6) is -0.686. The molecule has 3 rings (SSSR count). The molecule has 0 atom stereocenters. The first-order valence-electron chi connectivity index (χ1n) is 9.64. The van der Waals surface area contributed by atoms with Crippen LogP contribution in [0.3, 0.4) is 0 Å². The summed E-state index contributed by atoms with van der Waals surface area (Å²) >= 11 is 13.4. The van der Waals surface area contributed by atoms with E-state index in [-0.39, 0.29) is 18.0 Å². The van der Waals surface area contributed by atoms with Crippen LogP contribution in [0.25, 0.3) is 6.08 Å². The maximum Gasteiger partial charge on any atom is 0.341 e. The fourth-order valence-corrected chi connectivity index (χ4v) is 4.85. The van der Waals surface area contributed by atoms with Gasteiger partial charge in [0.2, 0.25) is 5.91 Å². The number of halogens is 2. The summed E-state index contributed by atoms with van der Waals surface area (Å²) in [5.41, 5.74) is 2.30. The Hall–Kier alpha value is -1.82. The van der Waals surface area contributed by atoms with Crippen molar-refractivity contribution in [2.24, 2.45) is 0 Å². The second kappa shape index (κ2) is 9.79. The zero-order chi connectivity index (χ0) is 21.0. The highest BCUT2D eigenvalue weighted by molar-refractivity contribution is 7.17. The average Bonchev–Trinajstić information content (AvgIpc) is 2.82. The molecule has 1 aliphatic carbocycles. The molecule has 154 valence electrons. The van der Waals surface area contributed by atoms with Gasteiger partial charge in [-0.3, -0.25) is 4.79 Å². The Kier molecular flexibility index (Phi) is 7.38. The largest absolute Gasteiger partial charge is 0.459 e. The standard InChI is InChI=1S/C22H23Cl2NO3S/c1-13(2)28-22(27)20-15-6-4-3-5-7-18(15)29-21(20)25-19(26)11-9-14-8-10-16(23)17(24)12-14/h8-13H,3-7H2,1-2H3,(H,25,26)/b11-9-. The number of carbonyl (C=O) groups is 2. The fourth-order valence-electron chi connectivity index (χ4n) is 3.26. The van der Waals surface area contributed by atoms with Crippen molar-refractivity contribution in [1.82, 2.24) is 0 Å². The number of carbonyl (C=O) groups excluding carboxylic acids is 2. The quantitative estimate of drug-likeness (QED) is 0.318. The molecule has 1 aromatic heterocycles. The van der Waals surface area contributed by atoms with E-state index < -0.39 is 0 Å². The molecule has 0 spiro atoms. The Balaban J connectivity index is 1.83. The van der Waals surface area contributed by atoms with Gasteiger partial charge in [0.25, 0.3) is 0 Å². The molecule has 4 nitrogen and oxygen atoms in total. The Bertz CT molecular complexity index is 950. The van der Waals surface area contributed by atoms with Crippen molar-refractivity contribution in [3.8, 4) is 0 Å². The van der Waals surface area contributed by atoms with Crippen LogP contribution < -0.4 is 5.32 Å². The molecule has 0 aliphatic heterocycles. The van der Waals surface area contributed by atoms with Crippen LogP contribution in [-0.2, 0) is 22.4 Å². The molecule has 2 aromatic rings. The number of benzene rings is 1. The van der Waals surface area contributed by atoms with E-state index in [0.717, 1.165) is 43.2 Å². The number of fused-ring (bicyclic) bond motifs is 1. The molecule has 0 bridgehead atoms. The van der Waals surface area contributed by atoms with Crippen molar-refractivity contribution in [3.05, 3.63) is 55.9 Å². The number of thiophene rings is 1. The number of hydrogen-bond acceptors (Lipinski definition) is 4. The topological polar surface area (TPSA) is 55.4 Å². The Morgan fingerprint density at radius 1 is 1.14 bits per heavy atom. The van der Waals surface area contributed by atoms with E-state index in [9.17, 15) is 9.59 Å². The number of anilines is 1. The SMILES string of the molecule is CC(C)OC(=O)c1c(NC(=O)/C=C\c2ccc(Cl)c(Cl)c2)sc2c1CCCCC2. The van der Waals surface area contributed by atoms with E-state index in [4.69, 9.17) is 27.9 Å². The number of esters is 1. The normalized spacial score (nSPS) is 14.0. The zero-order valence-corrected chi connectivity index (χ0v) is 18.7. The molecule has 1 heterocycles. The smallest absolute Gasteiger partial charge is 0.341 e. The van der Waals surface area contributed by atoms with E-state index in [0.29, 0.717) is 20.6 Å². The average molecular weight is 452 g/mol. The van der Waals surface area contributed by atoms with E-state index >= 15 is 0 Å². The lowest BCUT2D eigenvalue weighted by molar-refractivity contribution is -0.111. The van der Waals surface area contributed by atoms with Crippen molar-refractivity contribution >= 4 is 57.5 Å². The summed E-state index contributed by atoms with van der Waals surface area (Å²) in [4.78, 5) is 26.4. The number of rotatable bonds is 5. The number of ether oxygens (including phenoxy) is 1. The second-order valence-corrected chi connectivity index (χ2v) is 9.14. The van der Waals surface area contributed by atoms with Gasteiger partial charge in [0.1, 0.15) is 5.00 Å². The van der Waals surface area contributed by atoms with Crippen LogP contribution in [0.15, 0.2) is 24.3 Å². The lowest BCUT2D eigenvalue weighted by Gasteiger charge is -2.11. The molecule has 1 amide bonds. The summed E-state index contributed by atoms with van der Waals surface area (Å²) in [5, 5.41) is 4.32. The molecule has 0 radical (unpaired) electrons. The second-order valence-electron chi connectivity index (χ2n) is 7.22. The first-order valence-corrected chi connectivity index (χ1v) is 11.2. The highest BCUT2D eigenvalue weighted by Gasteiger charge is 2.27. The maximum absolute atomic E-state index is 12.7. The molecular formula is C22H23Cl2NO3S. The Labute approximate surface area is 184 Å². The van der Waals surface area contributed by atoms with E-state index in [1.54, 1.807) is 24.3 Å². The number of amides is 1. The van der Waals surface area contributed by atoms with Crippen LogP contribution in [0.1, 0.15) is 59.5 Å². The van der Waals surface area contributed by atoms with Crippen molar-refractivity contribution in [1.29, 1.82) is 0 Å². The van der Waals surface area contributed by atoms with Crippen LogP contribution in [0, 0.1) is 0 Å². The Morgan fingerprint density at radius 2 is 1.90 bits per heavy atom. The molecule has 0 saturated heterocycles. The van der Waals surface area contributed by atoms with E-state index in [1.807, 2.05) is 13.8 Å². The van der Waals surface area contributed by atoms with Gasteiger partial charge in [-0.05, 0) is 68.9 Å². The van der Waals surface area contributed by atoms with Crippen molar-refractivity contribution in [3.63, 3.8) is 0 Å². The zero-order valence-electron chi connectivity index (χ0n) is 16.4. The first-order chi connectivity index (χ1) is 13.8. The van der Waals surface area contributed by atoms with Gasteiger partial charge in [0.05, 0.1) is 21.7 Å². The highest BCUT2D eigenvalue weighted by Crippen LogP contribution is 2.38. The number of hydrogen-bond donors (Lipinski definition) is 1. The van der Waals surface area contributed by atoms with Crippen LogP contribution in [0.4, 0.5) is 5.00 Å². The third-order valence-corrected chi connectivity index (χ3v) is 6.52. The van der Waals surface area contributed by atoms with Gasteiger partial charge in [0.15, 0.2) is 0 Å². The minimum Gasteiger partial charge on any atom is -0.459 e. The predicted octanol–water partition coefficient (Wildman–Crippen LogP) is 6.54. The van der Waals surface area contributed by atoms with Crippen molar-refractivity contribution < 1.29 is 14.3 Å². The maximum atomic E-state index is 12.7. The minimum absolute atomic E-state index is 0.220. The van der Waals surface area contributed by atoms with Gasteiger partial charge < -0.3 is 10.1 Å². The summed E-state index contributed by atoms with van der Waals surface area (Å²) in [6.07, 6.45) is 7.90. The van der Waals surface area contributed by atoms with Crippen LogP contribution in [0.2, 0.25) is 10.0 Å².